The Bertz CT molecular complexity index is 142. The predicted octanol–water partition coefficient (Wildman–Crippen LogP) is 1.07. The molecule has 3 N–H and O–H groups in total. The van der Waals surface area contributed by atoms with Crippen LogP contribution in [0.5, 0.6) is 0 Å². The van der Waals surface area contributed by atoms with Crippen LogP contribution in [-0.4, -0.2) is 30.6 Å². The first kappa shape index (κ1) is 12.8. The first-order valence-corrected chi connectivity index (χ1v) is 5.95. The summed E-state index contributed by atoms with van der Waals surface area (Å²) < 4.78 is 0. The van der Waals surface area contributed by atoms with Crippen LogP contribution in [0.15, 0.2) is 0 Å². The molecule has 0 bridgehead atoms. The number of nitrogens with two attached hydrogens (primary N) is 1. The molecular formula is C10H20N2S. The van der Waals surface area contributed by atoms with Gasteiger partial charge >= 0.3 is 0 Å². The average molecular weight is 200 g/mol. The van der Waals surface area contributed by atoms with Gasteiger partial charge in [-0.1, -0.05) is 6.92 Å². The van der Waals surface area contributed by atoms with Crippen LogP contribution in [-0.2, 0) is 0 Å². The zero-order chi connectivity index (χ0) is 9.94. The summed E-state index contributed by atoms with van der Waals surface area (Å²) in [6.45, 7) is 3.76. The van der Waals surface area contributed by atoms with E-state index in [0.29, 0.717) is 12.6 Å². The van der Waals surface area contributed by atoms with Crippen molar-refractivity contribution in [3.05, 3.63) is 0 Å². The molecule has 0 aromatic rings. The molecule has 0 aliphatic heterocycles. The topological polar surface area (TPSA) is 38.0 Å². The molecule has 0 aromatic carbocycles. The van der Waals surface area contributed by atoms with Crippen molar-refractivity contribution in [2.24, 2.45) is 5.73 Å². The summed E-state index contributed by atoms with van der Waals surface area (Å²) in [5.41, 5.74) is 5.61. The summed E-state index contributed by atoms with van der Waals surface area (Å²) in [5, 5.41) is 3.35. The highest BCUT2D eigenvalue weighted by atomic mass is 32.2. The van der Waals surface area contributed by atoms with Gasteiger partial charge in [0.2, 0.25) is 0 Å². The fourth-order valence-electron chi connectivity index (χ4n) is 1.02. The number of terminal acetylenes is 1. The van der Waals surface area contributed by atoms with Crippen molar-refractivity contribution in [2.75, 3.05) is 24.6 Å². The molecular weight excluding hydrogens is 180 g/mol. The Balaban J connectivity index is 3.35. The molecule has 0 radical (unpaired) electrons. The van der Waals surface area contributed by atoms with E-state index in [0.717, 1.165) is 19.4 Å². The van der Waals surface area contributed by atoms with Gasteiger partial charge in [0.15, 0.2) is 0 Å². The lowest BCUT2D eigenvalue weighted by atomic mass is 10.2. The fraction of sp³-hybridized carbons (Fsp3) is 0.800. The third-order valence-electron chi connectivity index (χ3n) is 1.80. The predicted molar refractivity (Wildman–Crippen MR) is 61.9 cm³/mol. The van der Waals surface area contributed by atoms with Gasteiger partial charge in [-0.2, -0.15) is 11.8 Å². The fourth-order valence-corrected chi connectivity index (χ4v) is 1.76. The molecule has 0 saturated heterocycles. The summed E-state index contributed by atoms with van der Waals surface area (Å²) in [5.74, 6) is 4.97. The highest BCUT2D eigenvalue weighted by Gasteiger charge is 2.03. The monoisotopic (exact) mass is 200 g/mol. The van der Waals surface area contributed by atoms with Crippen LogP contribution in [0.4, 0.5) is 0 Å². The van der Waals surface area contributed by atoms with E-state index in [9.17, 15) is 0 Å². The molecule has 0 amide bonds. The molecule has 0 heterocycles. The Morgan fingerprint density at radius 1 is 1.62 bits per heavy atom. The maximum absolute atomic E-state index is 5.61. The van der Waals surface area contributed by atoms with E-state index in [4.69, 9.17) is 12.2 Å². The van der Waals surface area contributed by atoms with Crippen molar-refractivity contribution in [2.45, 2.75) is 25.8 Å². The first-order chi connectivity index (χ1) is 6.35. The van der Waals surface area contributed by atoms with E-state index < -0.39 is 0 Å². The van der Waals surface area contributed by atoms with E-state index in [1.165, 1.54) is 11.5 Å². The molecule has 76 valence electrons. The molecule has 0 aliphatic rings. The van der Waals surface area contributed by atoms with Crippen LogP contribution in [0.1, 0.15) is 19.8 Å². The highest BCUT2D eigenvalue weighted by molar-refractivity contribution is 7.99. The van der Waals surface area contributed by atoms with E-state index in [1.807, 2.05) is 11.8 Å². The molecule has 0 aliphatic carbocycles. The zero-order valence-corrected chi connectivity index (χ0v) is 9.20. The van der Waals surface area contributed by atoms with E-state index >= 15 is 0 Å². The minimum atomic E-state index is 0.437. The average Bonchev–Trinajstić information content (AvgIpc) is 2.16. The van der Waals surface area contributed by atoms with E-state index in [2.05, 4.69) is 18.2 Å². The van der Waals surface area contributed by atoms with Crippen molar-refractivity contribution >= 4 is 11.8 Å². The molecule has 1 atom stereocenters. The van der Waals surface area contributed by atoms with Gasteiger partial charge in [-0.3, -0.25) is 0 Å². The van der Waals surface area contributed by atoms with Crippen LogP contribution < -0.4 is 11.1 Å². The second kappa shape index (κ2) is 9.91. The number of thioether (sulfide) groups is 1. The van der Waals surface area contributed by atoms with Gasteiger partial charge < -0.3 is 11.1 Å². The summed E-state index contributed by atoms with van der Waals surface area (Å²) >= 11 is 1.96. The number of hydrogen-bond donors (Lipinski definition) is 2. The Morgan fingerprint density at radius 3 is 2.92 bits per heavy atom. The molecule has 3 heteroatoms. The summed E-state index contributed by atoms with van der Waals surface area (Å²) in [6, 6.07) is 0.437. The second-order valence-corrected chi connectivity index (χ2v) is 4.22. The molecule has 0 fully saturated rings. The Kier molecular flexibility index (Phi) is 9.78. The molecule has 1 unspecified atom stereocenters. The Morgan fingerprint density at radius 2 is 2.38 bits per heavy atom. The van der Waals surface area contributed by atoms with Gasteiger partial charge in [0.1, 0.15) is 0 Å². The number of rotatable bonds is 8. The largest absolute Gasteiger partial charge is 0.329 e. The van der Waals surface area contributed by atoms with Crippen molar-refractivity contribution in [3.63, 3.8) is 0 Å². The molecule has 0 spiro atoms. The van der Waals surface area contributed by atoms with Crippen LogP contribution in [0.3, 0.4) is 0 Å². The van der Waals surface area contributed by atoms with Crippen molar-refractivity contribution in [3.8, 4) is 12.3 Å². The number of hydrogen-bond acceptors (Lipinski definition) is 3. The summed E-state index contributed by atoms with van der Waals surface area (Å²) in [6.07, 6.45) is 7.08. The van der Waals surface area contributed by atoms with Gasteiger partial charge in [0.25, 0.3) is 0 Å². The lowest BCUT2D eigenvalue weighted by Crippen LogP contribution is -2.37. The maximum atomic E-state index is 5.61. The van der Waals surface area contributed by atoms with Crippen LogP contribution in [0.2, 0.25) is 0 Å². The van der Waals surface area contributed by atoms with Crippen molar-refractivity contribution < 1.29 is 0 Å². The van der Waals surface area contributed by atoms with Crippen LogP contribution in [0, 0.1) is 12.3 Å². The Hall–Kier alpha value is -0.170. The molecule has 0 saturated carbocycles. The maximum Gasteiger partial charge on any atom is 0.0212 e. The van der Waals surface area contributed by atoms with Gasteiger partial charge in [-0.25, -0.2) is 0 Å². The van der Waals surface area contributed by atoms with Gasteiger partial charge in [-0.15, -0.1) is 12.3 Å². The molecule has 13 heavy (non-hydrogen) atoms. The zero-order valence-electron chi connectivity index (χ0n) is 8.38. The van der Waals surface area contributed by atoms with E-state index in [1.54, 1.807) is 0 Å². The van der Waals surface area contributed by atoms with Gasteiger partial charge in [0, 0.05) is 25.6 Å². The quantitative estimate of drug-likeness (QED) is 0.455. The number of nitrogens with one attached hydrogen (secondary N) is 1. The third-order valence-corrected chi connectivity index (χ3v) is 2.73. The standard InChI is InChI=1S/C10H20N2S/c1-3-5-7-12-10(9-11)6-8-13-4-2/h1,10,12H,4-9,11H2,2H3. The minimum absolute atomic E-state index is 0.437. The Labute approximate surface area is 86.0 Å². The molecule has 0 aromatic heterocycles. The van der Waals surface area contributed by atoms with Gasteiger partial charge in [0.05, 0.1) is 0 Å². The highest BCUT2D eigenvalue weighted by Crippen LogP contribution is 2.03. The molecule has 2 nitrogen and oxygen atoms in total. The van der Waals surface area contributed by atoms with Crippen LogP contribution in [0.25, 0.3) is 0 Å². The third kappa shape index (κ3) is 8.17. The van der Waals surface area contributed by atoms with Crippen LogP contribution >= 0.6 is 11.8 Å². The van der Waals surface area contributed by atoms with Gasteiger partial charge in [-0.05, 0) is 17.9 Å². The normalized spacial score (nSPS) is 12.4. The summed E-state index contributed by atoms with van der Waals surface area (Å²) in [4.78, 5) is 0. The minimum Gasteiger partial charge on any atom is -0.329 e. The lowest BCUT2D eigenvalue weighted by Gasteiger charge is -2.15. The lowest BCUT2D eigenvalue weighted by molar-refractivity contribution is 0.516. The smallest absolute Gasteiger partial charge is 0.0212 e. The summed E-state index contributed by atoms with van der Waals surface area (Å²) in [7, 11) is 0. The van der Waals surface area contributed by atoms with Crippen molar-refractivity contribution in [1.29, 1.82) is 0 Å². The second-order valence-electron chi connectivity index (χ2n) is 2.83. The molecule has 0 rings (SSSR count). The first-order valence-electron chi connectivity index (χ1n) is 4.79. The van der Waals surface area contributed by atoms with Crippen molar-refractivity contribution in [1.82, 2.24) is 5.32 Å². The SMILES string of the molecule is C#CCCNC(CN)CCSCC. The van der Waals surface area contributed by atoms with E-state index in [-0.39, 0.29) is 0 Å².